The Morgan fingerprint density at radius 3 is 2.41 bits per heavy atom. The lowest BCUT2D eigenvalue weighted by atomic mass is 9.77. The van der Waals surface area contributed by atoms with Gasteiger partial charge >= 0.3 is 0 Å². The van der Waals surface area contributed by atoms with Crippen molar-refractivity contribution in [2.75, 3.05) is 32.8 Å². The Morgan fingerprint density at radius 2 is 1.84 bits per heavy atom. The highest BCUT2D eigenvalue weighted by atomic mass is 32.1. The van der Waals surface area contributed by atoms with Crippen molar-refractivity contribution < 1.29 is 19.1 Å². The van der Waals surface area contributed by atoms with Crippen LogP contribution in [0.25, 0.3) is 6.08 Å². The van der Waals surface area contributed by atoms with Crippen molar-refractivity contribution >= 4 is 35.1 Å². The summed E-state index contributed by atoms with van der Waals surface area (Å²) >= 11 is 1.61. The first kappa shape index (κ1) is 24.5. The lowest BCUT2D eigenvalue weighted by Gasteiger charge is -2.39. The molecular formula is C24H35N3O4S. The molecule has 1 unspecified atom stereocenters. The van der Waals surface area contributed by atoms with Gasteiger partial charge in [0.2, 0.25) is 17.7 Å². The topological polar surface area (TPSA) is 79.0 Å². The molecule has 3 heterocycles. The maximum atomic E-state index is 13.2. The molecule has 2 aliphatic heterocycles. The molecule has 0 bridgehead atoms. The van der Waals surface area contributed by atoms with Crippen LogP contribution in [0.2, 0.25) is 0 Å². The SMILES string of the molecule is CC(=O)NC(COC(C)(C)C)C(=O)N1CCC2(CCN(C(=O)C=Cc3ccsc3)CC2)C1. The average Bonchev–Trinajstić information content (AvgIpc) is 3.39. The fourth-order valence-electron chi connectivity index (χ4n) is 4.35. The van der Waals surface area contributed by atoms with Crippen LogP contribution in [0.4, 0.5) is 0 Å². The van der Waals surface area contributed by atoms with Crippen molar-refractivity contribution in [2.45, 2.75) is 58.6 Å². The molecule has 0 saturated carbocycles. The highest BCUT2D eigenvalue weighted by Gasteiger charge is 2.43. The zero-order valence-corrected chi connectivity index (χ0v) is 20.4. The van der Waals surface area contributed by atoms with Gasteiger partial charge in [0, 0.05) is 39.2 Å². The summed E-state index contributed by atoms with van der Waals surface area (Å²) in [5.41, 5.74) is 0.710. The van der Waals surface area contributed by atoms with Crippen molar-refractivity contribution in [3.05, 3.63) is 28.5 Å². The summed E-state index contributed by atoms with van der Waals surface area (Å²) in [6.07, 6.45) is 6.22. The Hall–Kier alpha value is -2.19. The molecule has 1 N–H and O–H groups in total. The monoisotopic (exact) mass is 461 g/mol. The number of hydrogen-bond acceptors (Lipinski definition) is 5. The first-order valence-corrected chi connectivity index (χ1v) is 12.2. The van der Waals surface area contributed by atoms with E-state index in [9.17, 15) is 14.4 Å². The van der Waals surface area contributed by atoms with E-state index in [2.05, 4.69) is 5.32 Å². The summed E-state index contributed by atoms with van der Waals surface area (Å²) in [5.74, 6) is -0.280. The molecule has 1 aromatic rings. The lowest BCUT2D eigenvalue weighted by Crippen LogP contribution is -2.51. The third kappa shape index (κ3) is 6.65. The van der Waals surface area contributed by atoms with Crippen LogP contribution >= 0.6 is 11.3 Å². The lowest BCUT2D eigenvalue weighted by molar-refractivity contribution is -0.139. The molecule has 8 heteroatoms. The van der Waals surface area contributed by atoms with E-state index in [4.69, 9.17) is 4.74 Å². The summed E-state index contributed by atoms with van der Waals surface area (Å²) in [6.45, 7) is 10.1. The highest BCUT2D eigenvalue weighted by molar-refractivity contribution is 7.08. The Balaban J connectivity index is 1.54. The number of thiophene rings is 1. The minimum atomic E-state index is -0.675. The van der Waals surface area contributed by atoms with Gasteiger partial charge in [0.1, 0.15) is 6.04 Å². The summed E-state index contributed by atoms with van der Waals surface area (Å²) in [5, 5.41) is 6.76. The maximum absolute atomic E-state index is 13.2. The van der Waals surface area contributed by atoms with Gasteiger partial charge < -0.3 is 19.9 Å². The first-order valence-electron chi connectivity index (χ1n) is 11.3. The van der Waals surface area contributed by atoms with Gasteiger partial charge in [-0.15, -0.1) is 0 Å². The Bertz CT molecular complexity index is 836. The Kier molecular flexibility index (Phi) is 7.77. The standard InChI is InChI=1S/C24H35N3O4S/c1-18(28)25-20(15-31-23(2,3)4)22(30)27-13-10-24(17-27)8-11-26(12-9-24)21(29)6-5-19-7-14-32-16-19/h5-7,14,16,20H,8-13,15,17H2,1-4H3,(H,25,28). The molecule has 3 rings (SSSR count). The second kappa shape index (κ2) is 10.2. The van der Waals surface area contributed by atoms with Crippen molar-refractivity contribution in [3.63, 3.8) is 0 Å². The number of hydrogen-bond donors (Lipinski definition) is 1. The molecule has 0 aliphatic carbocycles. The molecule has 1 atom stereocenters. The minimum Gasteiger partial charge on any atom is -0.373 e. The van der Waals surface area contributed by atoms with Crippen LogP contribution in [0.3, 0.4) is 0 Å². The number of likely N-dealkylation sites (tertiary alicyclic amines) is 2. The summed E-state index contributed by atoms with van der Waals surface area (Å²) in [7, 11) is 0. The van der Waals surface area contributed by atoms with Gasteiger partial charge in [-0.1, -0.05) is 0 Å². The van der Waals surface area contributed by atoms with Crippen LogP contribution in [0.1, 0.15) is 52.5 Å². The quantitative estimate of drug-likeness (QED) is 0.661. The number of ether oxygens (including phenoxy) is 1. The molecule has 1 aromatic heterocycles. The summed E-state index contributed by atoms with van der Waals surface area (Å²) in [4.78, 5) is 41.1. The van der Waals surface area contributed by atoms with E-state index >= 15 is 0 Å². The van der Waals surface area contributed by atoms with Gasteiger partial charge in [0.25, 0.3) is 0 Å². The van der Waals surface area contributed by atoms with Gasteiger partial charge in [-0.05, 0) is 73.9 Å². The van der Waals surface area contributed by atoms with Crippen LogP contribution < -0.4 is 5.32 Å². The van der Waals surface area contributed by atoms with Crippen molar-refractivity contribution in [1.82, 2.24) is 15.1 Å². The van der Waals surface area contributed by atoms with E-state index in [1.54, 1.807) is 17.4 Å². The van der Waals surface area contributed by atoms with E-state index in [0.717, 1.165) is 24.8 Å². The van der Waals surface area contributed by atoms with E-state index in [1.807, 2.05) is 53.5 Å². The molecular weight excluding hydrogens is 426 g/mol. The zero-order chi connectivity index (χ0) is 23.4. The maximum Gasteiger partial charge on any atom is 0.247 e. The number of carbonyl (C=O) groups excluding carboxylic acids is 3. The molecule has 32 heavy (non-hydrogen) atoms. The summed E-state index contributed by atoms with van der Waals surface area (Å²) in [6, 6.07) is 1.32. The molecule has 0 aromatic carbocycles. The molecule has 2 saturated heterocycles. The van der Waals surface area contributed by atoms with Crippen LogP contribution in [0.15, 0.2) is 22.9 Å². The third-order valence-corrected chi connectivity index (χ3v) is 6.91. The van der Waals surface area contributed by atoms with E-state index in [0.29, 0.717) is 26.2 Å². The molecule has 7 nitrogen and oxygen atoms in total. The van der Waals surface area contributed by atoms with Gasteiger partial charge in [-0.2, -0.15) is 11.3 Å². The fraction of sp³-hybridized carbons (Fsp3) is 0.625. The molecule has 2 fully saturated rings. The zero-order valence-electron chi connectivity index (χ0n) is 19.6. The van der Waals surface area contributed by atoms with E-state index in [1.165, 1.54) is 6.92 Å². The molecule has 3 amide bonds. The predicted octanol–water partition coefficient (Wildman–Crippen LogP) is 2.92. The number of carbonyl (C=O) groups is 3. The minimum absolute atomic E-state index is 0.0435. The first-order chi connectivity index (χ1) is 15.1. The second-order valence-corrected chi connectivity index (χ2v) is 10.7. The van der Waals surface area contributed by atoms with Crippen LogP contribution in [0, 0.1) is 5.41 Å². The average molecular weight is 462 g/mol. The number of rotatable bonds is 6. The Morgan fingerprint density at radius 1 is 1.19 bits per heavy atom. The molecule has 2 aliphatic rings. The Labute approximate surface area is 194 Å². The van der Waals surface area contributed by atoms with Crippen LogP contribution in [0.5, 0.6) is 0 Å². The van der Waals surface area contributed by atoms with Gasteiger partial charge in [-0.3, -0.25) is 14.4 Å². The normalized spacial score (nSPS) is 19.5. The van der Waals surface area contributed by atoms with Crippen molar-refractivity contribution in [2.24, 2.45) is 5.41 Å². The summed E-state index contributed by atoms with van der Waals surface area (Å²) < 4.78 is 5.79. The predicted molar refractivity (Wildman–Crippen MR) is 126 cm³/mol. The fourth-order valence-corrected chi connectivity index (χ4v) is 4.98. The van der Waals surface area contributed by atoms with Gasteiger partial charge in [-0.25, -0.2) is 0 Å². The smallest absolute Gasteiger partial charge is 0.247 e. The second-order valence-electron chi connectivity index (χ2n) is 9.90. The number of piperidine rings is 1. The number of amides is 3. The van der Waals surface area contributed by atoms with Crippen LogP contribution in [-0.2, 0) is 19.1 Å². The van der Waals surface area contributed by atoms with Crippen molar-refractivity contribution in [3.8, 4) is 0 Å². The number of nitrogens with zero attached hydrogens (tertiary/aromatic N) is 2. The van der Waals surface area contributed by atoms with Crippen LogP contribution in [-0.4, -0.2) is 72.0 Å². The molecule has 1 spiro atoms. The third-order valence-electron chi connectivity index (χ3n) is 6.21. The highest BCUT2D eigenvalue weighted by Crippen LogP contribution is 2.40. The number of nitrogens with one attached hydrogen (secondary N) is 1. The molecule has 176 valence electrons. The largest absolute Gasteiger partial charge is 0.373 e. The van der Waals surface area contributed by atoms with Gasteiger partial charge in [0.05, 0.1) is 12.2 Å². The van der Waals surface area contributed by atoms with Crippen molar-refractivity contribution in [1.29, 1.82) is 0 Å². The van der Waals surface area contributed by atoms with E-state index < -0.39 is 6.04 Å². The van der Waals surface area contributed by atoms with E-state index in [-0.39, 0.29) is 35.3 Å². The van der Waals surface area contributed by atoms with Gasteiger partial charge in [0.15, 0.2) is 0 Å². The molecule has 0 radical (unpaired) electrons.